The van der Waals surface area contributed by atoms with Crippen molar-refractivity contribution in [1.29, 1.82) is 0 Å². The molecule has 2 amide bonds. The Morgan fingerprint density at radius 1 is 1.29 bits per heavy atom. The molecule has 2 fully saturated rings. The summed E-state index contributed by atoms with van der Waals surface area (Å²) < 4.78 is 0. The van der Waals surface area contributed by atoms with E-state index in [1.165, 1.54) is 19.3 Å². The number of aliphatic carboxylic acids is 1. The molecular weight excluding hydrogens is 268 g/mol. The number of hydrogen-bond acceptors (Lipinski definition) is 2. The molecule has 5 heteroatoms. The van der Waals surface area contributed by atoms with Gasteiger partial charge in [0.1, 0.15) is 0 Å². The third-order valence-corrected chi connectivity index (χ3v) is 5.36. The van der Waals surface area contributed by atoms with E-state index < -0.39 is 11.4 Å². The predicted octanol–water partition coefficient (Wildman–Crippen LogP) is 2.85. The van der Waals surface area contributed by atoms with Gasteiger partial charge in [0.15, 0.2) is 0 Å². The molecule has 0 spiro atoms. The molecule has 5 nitrogen and oxygen atoms in total. The highest BCUT2D eigenvalue weighted by molar-refractivity contribution is 5.79. The molecule has 120 valence electrons. The molecule has 1 aliphatic carbocycles. The van der Waals surface area contributed by atoms with E-state index >= 15 is 0 Å². The average Bonchev–Trinajstić information content (AvgIpc) is 2.81. The van der Waals surface area contributed by atoms with E-state index in [1.807, 2.05) is 6.92 Å². The molecule has 0 aromatic carbocycles. The first-order valence-corrected chi connectivity index (χ1v) is 8.25. The summed E-state index contributed by atoms with van der Waals surface area (Å²) in [6.45, 7) is 5.05. The summed E-state index contributed by atoms with van der Waals surface area (Å²) in [5.41, 5.74) is -0.741. The van der Waals surface area contributed by atoms with Crippen molar-refractivity contribution >= 4 is 12.0 Å². The molecular formula is C16H28N2O3. The molecule has 0 aromatic heterocycles. The number of carboxylic acids is 1. The maximum atomic E-state index is 12.4. The number of likely N-dealkylation sites (tertiary alicyclic amines) is 1. The Morgan fingerprint density at radius 3 is 2.67 bits per heavy atom. The zero-order valence-electron chi connectivity index (χ0n) is 13.2. The van der Waals surface area contributed by atoms with E-state index in [9.17, 15) is 14.7 Å². The summed E-state index contributed by atoms with van der Waals surface area (Å²) >= 11 is 0. The first-order chi connectivity index (χ1) is 9.97. The Labute approximate surface area is 127 Å². The van der Waals surface area contributed by atoms with Crippen LogP contribution in [0.2, 0.25) is 0 Å². The summed E-state index contributed by atoms with van der Waals surface area (Å²) in [6.07, 6.45) is 6.80. The van der Waals surface area contributed by atoms with Crippen LogP contribution in [0.15, 0.2) is 0 Å². The first kappa shape index (κ1) is 16.1. The van der Waals surface area contributed by atoms with Crippen molar-refractivity contribution in [3.8, 4) is 0 Å². The predicted molar refractivity (Wildman–Crippen MR) is 81.1 cm³/mol. The number of hydrogen-bond donors (Lipinski definition) is 2. The van der Waals surface area contributed by atoms with E-state index in [1.54, 1.807) is 4.90 Å². The standard InChI is InChI=1S/C16H28N2O3/c1-3-16(14(19)20)9-10-18(11-16)15(21)17-13-6-4-5-12(2)7-8-13/h12-13H,3-11H2,1-2H3,(H,17,21)(H,19,20). The number of rotatable bonds is 3. The van der Waals surface area contributed by atoms with E-state index in [2.05, 4.69) is 12.2 Å². The smallest absolute Gasteiger partial charge is 0.317 e. The lowest BCUT2D eigenvalue weighted by molar-refractivity contribution is -0.148. The van der Waals surface area contributed by atoms with E-state index in [4.69, 9.17) is 0 Å². The molecule has 2 N–H and O–H groups in total. The number of carboxylic acid groups (broad SMARTS) is 1. The SMILES string of the molecule is CCC1(C(=O)O)CCN(C(=O)NC2CCCC(C)CC2)C1. The van der Waals surface area contributed by atoms with Gasteiger partial charge in [-0.15, -0.1) is 0 Å². The maximum Gasteiger partial charge on any atom is 0.317 e. The number of nitrogens with one attached hydrogen (secondary N) is 1. The second kappa shape index (κ2) is 6.67. The van der Waals surface area contributed by atoms with Crippen molar-refractivity contribution in [2.24, 2.45) is 11.3 Å². The van der Waals surface area contributed by atoms with Crippen LogP contribution in [0.1, 0.15) is 58.8 Å². The van der Waals surface area contributed by atoms with Gasteiger partial charge in [0.25, 0.3) is 0 Å². The third-order valence-electron chi connectivity index (χ3n) is 5.36. The van der Waals surface area contributed by atoms with Gasteiger partial charge >= 0.3 is 12.0 Å². The van der Waals surface area contributed by atoms with Gasteiger partial charge in [-0.2, -0.15) is 0 Å². The molecule has 1 aliphatic heterocycles. The fourth-order valence-electron chi connectivity index (χ4n) is 3.56. The minimum atomic E-state index is -0.774. The van der Waals surface area contributed by atoms with Gasteiger partial charge in [0.05, 0.1) is 5.41 Å². The Hall–Kier alpha value is -1.26. The lowest BCUT2D eigenvalue weighted by atomic mass is 9.84. The molecule has 1 saturated heterocycles. The highest BCUT2D eigenvalue weighted by Crippen LogP contribution is 2.34. The highest BCUT2D eigenvalue weighted by atomic mass is 16.4. The van der Waals surface area contributed by atoms with Crippen LogP contribution in [0.5, 0.6) is 0 Å². The van der Waals surface area contributed by atoms with Crippen molar-refractivity contribution in [2.45, 2.75) is 64.8 Å². The lowest BCUT2D eigenvalue weighted by Gasteiger charge is -2.25. The molecule has 1 heterocycles. The topological polar surface area (TPSA) is 69.6 Å². The zero-order valence-corrected chi connectivity index (χ0v) is 13.2. The molecule has 3 unspecified atom stereocenters. The monoisotopic (exact) mass is 296 g/mol. The van der Waals surface area contributed by atoms with Crippen molar-refractivity contribution in [3.05, 3.63) is 0 Å². The Balaban J connectivity index is 1.88. The summed E-state index contributed by atoms with van der Waals surface area (Å²) in [4.78, 5) is 25.5. The van der Waals surface area contributed by atoms with Gasteiger partial charge in [-0.3, -0.25) is 4.79 Å². The van der Waals surface area contributed by atoms with Crippen LogP contribution in [-0.4, -0.2) is 41.1 Å². The molecule has 0 aromatic rings. The number of carbonyl (C=O) groups excluding carboxylic acids is 1. The Kier molecular flexibility index (Phi) is 5.12. The Morgan fingerprint density at radius 2 is 2.05 bits per heavy atom. The molecule has 2 rings (SSSR count). The van der Waals surface area contributed by atoms with Gasteiger partial charge in [-0.05, 0) is 38.0 Å². The molecule has 3 atom stereocenters. The average molecular weight is 296 g/mol. The molecule has 1 saturated carbocycles. The van der Waals surface area contributed by atoms with Crippen LogP contribution in [0.25, 0.3) is 0 Å². The normalized spacial score (nSPS) is 33.5. The van der Waals surface area contributed by atoms with Crippen molar-refractivity contribution < 1.29 is 14.7 Å². The second-order valence-electron chi connectivity index (χ2n) is 6.87. The van der Waals surface area contributed by atoms with Crippen molar-refractivity contribution in [3.63, 3.8) is 0 Å². The van der Waals surface area contributed by atoms with Crippen LogP contribution < -0.4 is 5.32 Å². The first-order valence-electron chi connectivity index (χ1n) is 8.25. The lowest BCUT2D eigenvalue weighted by Crippen LogP contribution is -2.45. The van der Waals surface area contributed by atoms with Gasteiger partial charge in [0.2, 0.25) is 0 Å². The number of carbonyl (C=O) groups is 2. The minimum absolute atomic E-state index is 0.0777. The van der Waals surface area contributed by atoms with Crippen LogP contribution in [0.3, 0.4) is 0 Å². The third kappa shape index (κ3) is 3.69. The number of nitrogens with zero attached hydrogens (tertiary/aromatic N) is 1. The molecule has 2 aliphatic rings. The molecule has 0 bridgehead atoms. The molecule has 21 heavy (non-hydrogen) atoms. The number of urea groups is 1. The van der Waals surface area contributed by atoms with E-state index in [-0.39, 0.29) is 12.1 Å². The fourth-order valence-corrected chi connectivity index (χ4v) is 3.56. The summed E-state index contributed by atoms with van der Waals surface area (Å²) in [6, 6.07) is 0.176. The van der Waals surface area contributed by atoms with Crippen LogP contribution >= 0.6 is 0 Å². The van der Waals surface area contributed by atoms with E-state index in [0.29, 0.717) is 25.9 Å². The molecule has 0 radical (unpaired) electrons. The van der Waals surface area contributed by atoms with Crippen LogP contribution in [-0.2, 0) is 4.79 Å². The zero-order chi connectivity index (χ0) is 15.5. The van der Waals surface area contributed by atoms with E-state index in [0.717, 1.165) is 18.8 Å². The fraction of sp³-hybridized carbons (Fsp3) is 0.875. The quantitative estimate of drug-likeness (QED) is 0.787. The van der Waals surface area contributed by atoms with Gasteiger partial charge < -0.3 is 15.3 Å². The van der Waals surface area contributed by atoms with Crippen LogP contribution in [0, 0.1) is 11.3 Å². The summed E-state index contributed by atoms with van der Waals surface area (Å²) in [5.74, 6) is -0.0259. The minimum Gasteiger partial charge on any atom is -0.481 e. The maximum absolute atomic E-state index is 12.4. The summed E-state index contributed by atoms with van der Waals surface area (Å²) in [7, 11) is 0. The van der Waals surface area contributed by atoms with Crippen molar-refractivity contribution in [2.75, 3.05) is 13.1 Å². The largest absolute Gasteiger partial charge is 0.481 e. The summed E-state index contributed by atoms with van der Waals surface area (Å²) in [5, 5.41) is 12.5. The van der Waals surface area contributed by atoms with Crippen molar-refractivity contribution in [1.82, 2.24) is 10.2 Å². The van der Waals surface area contributed by atoms with Gasteiger partial charge in [0, 0.05) is 19.1 Å². The highest BCUT2D eigenvalue weighted by Gasteiger charge is 2.44. The van der Waals surface area contributed by atoms with Gasteiger partial charge in [-0.25, -0.2) is 4.79 Å². The Bertz CT molecular complexity index is 399. The van der Waals surface area contributed by atoms with Gasteiger partial charge in [-0.1, -0.05) is 26.7 Å². The second-order valence-corrected chi connectivity index (χ2v) is 6.87. The van der Waals surface area contributed by atoms with Crippen LogP contribution in [0.4, 0.5) is 4.79 Å². The number of amides is 2.